The molecule has 3 heterocycles. The highest BCUT2D eigenvalue weighted by Crippen LogP contribution is 2.62. The maximum atomic E-state index is 11.9. The quantitative estimate of drug-likeness (QED) is 0.199. The lowest BCUT2D eigenvalue weighted by molar-refractivity contribution is -0.219. The highest BCUT2D eigenvalue weighted by atomic mass is 16.7. The number of rotatable bonds is 2. The Kier molecular flexibility index (Phi) is 5.06. The van der Waals surface area contributed by atoms with Crippen LogP contribution in [0.1, 0.15) is 39.8 Å². The number of hydrogen-bond acceptors (Lipinski definition) is 10. The minimum Gasteiger partial charge on any atom is -0.508 e. The Labute approximate surface area is 227 Å². The predicted molar refractivity (Wildman–Crippen MR) is 138 cm³/mol. The fraction of sp³-hybridized carbons (Fsp3) is 0.200. The molecule has 0 saturated heterocycles. The van der Waals surface area contributed by atoms with Crippen LogP contribution in [0.4, 0.5) is 0 Å². The number of ether oxygens (including phenoxy) is 3. The number of phenolic OH excluding ortho intramolecular Hbond substituents is 5. The molecule has 4 aromatic rings. The van der Waals surface area contributed by atoms with E-state index in [-0.39, 0.29) is 58.0 Å². The third-order valence-corrected chi connectivity index (χ3v) is 7.82. The second-order valence-electron chi connectivity index (χ2n) is 10.2. The zero-order chi connectivity index (χ0) is 27.9. The van der Waals surface area contributed by atoms with Crippen molar-refractivity contribution in [3.8, 4) is 46.0 Å². The zero-order valence-electron chi connectivity index (χ0n) is 20.7. The van der Waals surface area contributed by atoms with Crippen LogP contribution in [0.5, 0.6) is 46.0 Å². The number of benzene rings is 4. The number of aliphatic hydroxyl groups is 2. The molecule has 0 aromatic heterocycles. The molecule has 3 aliphatic heterocycles. The summed E-state index contributed by atoms with van der Waals surface area (Å²) >= 11 is 0. The number of hydrogen-bond donors (Lipinski definition) is 7. The molecular formula is C30H24O10. The molecule has 7 rings (SSSR count). The Morgan fingerprint density at radius 3 is 1.98 bits per heavy atom. The normalized spacial score (nSPS) is 25.9. The number of aliphatic hydroxyl groups excluding tert-OH is 2. The summed E-state index contributed by atoms with van der Waals surface area (Å²) < 4.78 is 18.9. The topological polar surface area (TPSA) is 169 Å². The smallest absolute Gasteiger partial charge is 0.305 e. The first kappa shape index (κ1) is 24.3. The number of phenols is 5. The van der Waals surface area contributed by atoms with Gasteiger partial charge in [0.2, 0.25) is 0 Å². The maximum Gasteiger partial charge on any atom is 0.305 e. The Bertz CT molecular complexity index is 1650. The van der Waals surface area contributed by atoms with E-state index in [2.05, 4.69) is 0 Å². The molecule has 0 amide bonds. The van der Waals surface area contributed by atoms with E-state index in [1.807, 2.05) is 0 Å². The second kappa shape index (κ2) is 8.35. The molecule has 0 radical (unpaired) electrons. The van der Waals surface area contributed by atoms with Crippen LogP contribution < -0.4 is 14.2 Å². The predicted octanol–water partition coefficient (Wildman–Crippen LogP) is 3.38. The molecule has 40 heavy (non-hydrogen) atoms. The molecule has 4 aromatic carbocycles. The molecular weight excluding hydrogens is 520 g/mol. The van der Waals surface area contributed by atoms with E-state index in [9.17, 15) is 35.7 Å². The van der Waals surface area contributed by atoms with Crippen LogP contribution in [0.25, 0.3) is 0 Å². The highest BCUT2D eigenvalue weighted by molar-refractivity contribution is 5.67. The minimum atomic E-state index is -1.89. The van der Waals surface area contributed by atoms with Crippen molar-refractivity contribution >= 4 is 0 Å². The van der Waals surface area contributed by atoms with Crippen molar-refractivity contribution in [1.29, 1.82) is 0 Å². The minimum absolute atomic E-state index is 0.0107. The summed E-state index contributed by atoms with van der Waals surface area (Å²) in [5.41, 5.74) is 1.69. The van der Waals surface area contributed by atoms with E-state index >= 15 is 0 Å². The van der Waals surface area contributed by atoms with E-state index in [1.54, 1.807) is 12.1 Å². The first-order valence-corrected chi connectivity index (χ1v) is 12.6. The SMILES string of the molecule is Oc1ccc([C@H]2Oc3c(c(O)cc4c3[C@H]3c5c(O)cc(O)cc5O[C@@](c5ccc(O)cc5)(O4)[C@@H]3O)C[C@H]2O)cc1. The molecule has 0 saturated carbocycles. The molecule has 10 heteroatoms. The van der Waals surface area contributed by atoms with Crippen LogP contribution in [0.15, 0.2) is 66.7 Å². The standard InChI is InChI=1S/C30H24O10/c31-15-5-1-13(2-6-15)27-21(36)11-18-19(34)12-23-25(28(18)38-27)26-24-20(35)9-17(33)10-22(24)39-30(40-23,29(26)37)14-3-7-16(32)8-4-14/h1-10,12,21,26-27,29,31-37H,11H2/t21-,26-,27-,29-,30+/m1/s1. The summed E-state index contributed by atoms with van der Waals surface area (Å²) in [5, 5.41) is 74.7. The van der Waals surface area contributed by atoms with E-state index < -0.39 is 30.0 Å². The average molecular weight is 545 g/mol. The van der Waals surface area contributed by atoms with Crippen molar-refractivity contribution < 1.29 is 50.0 Å². The van der Waals surface area contributed by atoms with Gasteiger partial charge in [0.25, 0.3) is 0 Å². The highest BCUT2D eigenvalue weighted by Gasteiger charge is 2.60. The van der Waals surface area contributed by atoms with E-state index in [1.165, 1.54) is 48.5 Å². The van der Waals surface area contributed by atoms with E-state index in [4.69, 9.17) is 14.2 Å². The average Bonchev–Trinajstić information content (AvgIpc) is 2.90. The van der Waals surface area contributed by atoms with Crippen LogP contribution in [-0.4, -0.2) is 48.0 Å². The first-order valence-electron chi connectivity index (χ1n) is 12.6. The largest absolute Gasteiger partial charge is 0.508 e. The van der Waals surface area contributed by atoms with Crippen molar-refractivity contribution in [2.45, 2.75) is 36.4 Å². The summed E-state index contributed by atoms with van der Waals surface area (Å²) in [4.78, 5) is 0. The lowest BCUT2D eigenvalue weighted by atomic mass is 9.74. The van der Waals surface area contributed by atoms with Gasteiger partial charge in [0.1, 0.15) is 58.2 Å². The number of aromatic hydroxyl groups is 5. The molecule has 7 N–H and O–H groups in total. The molecule has 0 spiro atoms. The van der Waals surface area contributed by atoms with Gasteiger partial charge in [-0.25, -0.2) is 0 Å². The van der Waals surface area contributed by atoms with E-state index in [0.717, 1.165) is 6.07 Å². The lowest BCUT2D eigenvalue weighted by Gasteiger charge is -2.50. The molecule has 10 nitrogen and oxygen atoms in total. The molecule has 0 fully saturated rings. The van der Waals surface area contributed by atoms with Crippen LogP contribution in [0, 0.1) is 0 Å². The van der Waals surface area contributed by atoms with Crippen molar-refractivity contribution in [2.24, 2.45) is 0 Å². The fourth-order valence-corrected chi connectivity index (χ4v) is 5.99. The van der Waals surface area contributed by atoms with Gasteiger partial charge >= 0.3 is 5.79 Å². The van der Waals surface area contributed by atoms with Gasteiger partial charge in [0.05, 0.1) is 12.0 Å². The molecule has 0 aliphatic carbocycles. The monoisotopic (exact) mass is 544 g/mol. The first-order chi connectivity index (χ1) is 19.2. The van der Waals surface area contributed by atoms with Gasteiger partial charge in [-0.3, -0.25) is 0 Å². The summed E-state index contributed by atoms with van der Waals surface area (Å²) in [6.07, 6.45) is -3.38. The van der Waals surface area contributed by atoms with Gasteiger partial charge in [-0.1, -0.05) is 12.1 Å². The van der Waals surface area contributed by atoms with Crippen LogP contribution in [-0.2, 0) is 12.2 Å². The Balaban J connectivity index is 1.47. The summed E-state index contributed by atoms with van der Waals surface area (Å²) in [7, 11) is 0. The Morgan fingerprint density at radius 2 is 1.30 bits per heavy atom. The number of fused-ring (bicyclic) bond motifs is 8. The van der Waals surface area contributed by atoms with Gasteiger partial charge in [0, 0.05) is 46.9 Å². The summed E-state index contributed by atoms with van der Waals surface area (Å²) in [6.45, 7) is 0. The maximum absolute atomic E-state index is 11.9. The molecule has 204 valence electrons. The van der Waals surface area contributed by atoms with Crippen LogP contribution in [0.2, 0.25) is 0 Å². The van der Waals surface area contributed by atoms with Gasteiger partial charge in [-0.15, -0.1) is 0 Å². The van der Waals surface area contributed by atoms with E-state index in [0.29, 0.717) is 22.3 Å². The second-order valence-corrected chi connectivity index (χ2v) is 10.2. The summed E-state index contributed by atoms with van der Waals surface area (Å²) in [5.74, 6) is -3.36. The third-order valence-electron chi connectivity index (χ3n) is 7.82. The lowest BCUT2D eigenvalue weighted by Crippen LogP contribution is -2.57. The van der Waals surface area contributed by atoms with Crippen molar-refractivity contribution in [3.05, 3.63) is 94.5 Å². The van der Waals surface area contributed by atoms with Crippen LogP contribution >= 0.6 is 0 Å². The van der Waals surface area contributed by atoms with Crippen molar-refractivity contribution in [1.82, 2.24) is 0 Å². The van der Waals surface area contributed by atoms with Gasteiger partial charge in [-0.05, 0) is 42.0 Å². The third kappa shape index (κ3) is 3.36. The molecule has 3 aliphatic rings. The van der Waals surface area contributed by atoms with Crippen molar-refractivity contribution in [2.75, 3.05) is 0 Å². The molecule has 5 atom stereocenters. The van der Waals surface area contributed by atoms with Gasteiger partial charge in [-0.2, -0.15) is 0 Å². The van der Waals surface area contributed by atoms with Gasteiger partial charge in [0.15, 0.2) is 0 Å². The molecule has 0 unspecified atom stereocenters. The Hall–Kier alpha value is -4.80. The zero-order valence-corrected chi connectivity index (χ0v) is 20.7. The molecule has 2 bridgehead atoms. The Morgan fingerprint density at radius 1 is 0.675 bits per heavy atom. The van der Waals surface area contributed by atoms with Gasteiger partial charge < -0.3 is 50.0 Å². The fourth-order valence-electron chi connectivity index (χ4n) is 5.99. The van der Waals surface area contributed by atoms with Crippen molar-refractivity contribution in [3.63, 3.8) is 0 Å². The summed E-state index contributed by atoms with van der Waals surface area (Å²) in [6, 6.07) is 15.8. The van der Waals surface area contributed by atoms with Crippen LogP contribution in [0.3, 0.4) is 0 Å².